The maximum atomic E-state index is 12.1. The fourth-order valence-electron chi connectivity index (χ4n) is 3.10. The van der Waals surface area contributed by atoms with Crippen molar-refractivity contribution in [2.45, 2.75) is 38.6 Å². The Morgan fingerprint density at radius 3 is 2.47 bits per heavy atom. The van der Waals surface area contributed by atoms with Crippen molar-refractivity contribution in [2.24, 2.45) is 0 Å². The molecule has 152 valence electrons. The summed E-state index contributed by atoms with van der Waals surface area (Å²) in [6.45, 7) is 7.81. The van der Waals surface area contributed by atoms with Crippen LogP contribution in [0.15, 0.2) is 40.3 Å². The molecule has 0 spiro atoms. The zero-order valence-corrected chi connectivity index (χ0v) is 18.0. The first-order chi connectivity index (χ1) is 14.4. The predicted molar refractivity (Wildman–Crippen MR) is 118 cm³/mol. The minimum atomic E-state index is -0.252. The molecule has 0 saturated heterocycles. The minimum absolute atomic E-state index is 0.252. The van der Waals surface area contributed by atoms with Gasteiger partial charge in [0, 0.05) is 28.6 Å². The van der Waals surface area contributed by atoms with E-state index in [4.69, 9.17) is 0 Å². The highest BCUT2D eigenvalue weighted by molar-refractivity contribution is 7.98. The van der Waals surface area contributed by atoms with Gasteiger partial charge in [0.25, 0.3) is 5.56 Å². The number of hydrogen-bond acceptors (Lipinski definition) is 8. The summed E-state index contributed by atoms with van der Waals surface area (Å²) in [5.41, 5.74) is 4.98. The second-order valence-corrected chi connectivity index (χ2v) is 8.03. The lowest BCUT2D eigenvalue weighted by Crippen LogP contribution is -2.13. The maximum absolute atomic E-state index is 12.1. The summed E-state index contributed by atoms with van der Waals surface area (Å²) in [5.74, 6) is 1.15. The van der Waals surface area contributed by atoms with Crippen molar-refractivity contribution in [3.63, 3.8) is 0 Å². The highest BCUT2D eigenvalue weighted by Gasteiger charge is 2.09. The lowest BCUT2D eigenvalue weighted by atomic mass is 10.1. The van der Waals surface area contributed by atoms with E-state index in [1.807, 2.05) is 52.0 Å². The van der Waals surface area contributed by atoms with Gasteiger partial charge in [-0.2, -0.15) is 0 Å². The van der Waals surface area contributed by atoms with Crippen LogP contribution in [0.4, 0.5) is 11.9 Å². The van der Waals surface area contributed by atoms with Gasteiger partial charge in [0.05, 0.1) is 16.9 Å². The number of thioether (sulfide) groups is 1. The number of aromatic amines is 1. The van der Waals surface area contributed by atoms with E-state index < -0.39 is 0 Å². The Morgan fingerprint density at radius 1 is 0.933 bits per heavy atom. The van der Waals surface area contributed by atoms with Crippen LogP contribution >= 0.6 is 11.8 Å². The van der Waals surface area contributed by atoms with Crippen molar-refractivity contribution in [3.8, 4) is 0 Å². The van der Waals surface area contributed by atoms with Gasteiger partial charge in [-0.1, -0.05) is 23.9 Å². The van der Waals surface area contributed by atoms with E-state index in [1.165, 1.54) is 17.8 Å². The van der Waals surface area contributed by atoms with Crippen LogP contribution in [0.25, 0.3) is 10.9 Å². The van der Waals surface area contributed by atoms with Crippen molar-refractivity contribution in [1.82, 2.24) is 29.9 Å². The topological polar surface area (TPSA) is 109 Å². The van der Waals surface area contributed by atoms with Gasteiger partial charge >= 0.3 is 0 Å². The molecule has 9 heteroatoms. The molecule has 4 aromatic rings. The molecule has 0 fully saturated rings. The molecule has 0 aliphatic heterocycles. The van der Waals surface area contributed by atoms with Gasteiger partial charge in [0.1, 0.15) is 0 Å². The standard InChI is InChI=1S/C21H21N7OS/c1-11-5-6-16-14(4)24-19(26-17(16)7-11)28-20-25-15(9-18(29)27-20)10-30-21-22-12(2)8-13(3)23-21/h5-9H,10H2,1-4H3,(H2,24,25,26,27,28,29). The van der Waals surface area contributed by atoms with Gasteiger partial charge in [-0.3, -0.25) is 15.1 Å². The molecule has 3 aromatic heterocycles. The van der Waals surface area contributed by atoms with Gasteiger partial charge < -0.3 is 0 Å². The summed E-state index contributed by atoms with van der Waals surface area (Å²) in [5, 5.41) is 4.68. The predicted octanol–water partition coefficient (Wildman–Crippen LogP) is 3.77. The molecule has 0 amide bonds. The molecule has 8 nitrogen and oxygen atoms in total. The summed E-state index contributed by atoms with van der Waals surface area (Å²) in [7, 11) is 0. The molecule has 30 heavy (non-hydrogen) atoms. The average Bonchev–Trinajstić information content (AvgIpc) is 2.65. The summed E-state index contributed by atoms with van der Waals surface area (Å²) >= 11 is 1.43. The molecule has 0 radical (unpaired) electrons. The van der Waals surface area contributed by atoms with Gasteiger partial charge in [-0.05, 0) is 45.4 Å². The van der Waals surface area contributed by atoms with Crippen molar-refractivity contribution in [3.05, 3.63) is 69.0 Å². The van der Waals surface area contributed by atoms with Crippen molar-refractivity contribution >= 4 is 34.6 Å². The first-order valence-electron chi connectivity index (χ1n) is 9.43. The molecule has 1 aromatic carbocycles. The first-order valence-corrected chi connectivity index (χ1v) is 10.4. The number of rotatable bonds is 5. The monoisotopic (exact) mass is 419 g/mol. The molecule has 2 N–H and O–H groups in total. The van der Waals surface area contributed by atoms with Crippen LogP contribution < -0.4 is 10.9 Å². The molecule has 3 heterocycles. The number of nitrogens with zero attached hydrogens (tertiary/aromatic N) is 5. The van der Waals surface area contributed by atoms with Gasteiger partial charge in [-0.15, -0.1) is 0 Å². The van der Waals surface area contributed by atoms with Gasteiger partial charge in [0.15, 0.2) is 5.16 Å². The first kappa shape index (κ1) is 20.0. The largest absolute Gasteiger partial charge is 0.294 e. The van der Waals surface area contributed by atoms with Gasteiger partial charge in [0.2, 0.25) is 11.9 Å². The highest BCUT2D eigenvalue weighted by atomic mass is 32.2. The van der Waals surface area contributed by atoms with Crippen LogP contribution in [-0.4, -0.2) is 29.9 Å². The molecule has 0 atom stereocenters. The molecule has 0 unspecified atom stereocenters. The van der Waals surface area contributed by atoms with Crippen molar-refractivity contribution in [1.29, 1.82) is 0 Å². The maximum Gasteiger partial charge on any atom is 0.252 e. The van der Waals surface area contributed by atoms with Crippen LogP contribution in [0, 0.1) is 27.7 Å². The smallest absolute Gasteiger partial charge is 0.252 e. The molecule has 0 bridgehead atoms. The van der Waals surface area contributed by atoms with E-state index in [0.29, 0.717) is 28.5 Å². The number of anilines is 2. The average molecular weight is 420 g/mol. The van der Waals surface area contributed by atoms with Crippen LogP contribution in [0.2, 0.25) is 0 Å². The molecule has 0 aliphatic carbocycles. The zero-order chi connectivity index (χ0) is 21.3. The second kappa shape index (κ2) is 8.19. The lowest BCUT2D eigenvalue weighted by molar-refractivity contribution is 0.900. The number of aromatic nitrogens is 6. The van der Waals surface area contributed by atoms with Crippen LogP contribution in [0.5, 0.6) is 0 Å². The molecule has 0 aliphatic rings. The Morgan fingerprint density at radius 2 is 1.70 bits per heavy atom. The Kier molecular flexibility index (Phi) is 5.45. The van der Waals surface area contributed by atoms with Crippen LogP contribution in [0.3, 0.4) is 0 Å². The Balaban J connectivity index is 1.57. The molecular weight excluding hydrogens is 398 g/mol. The highest BCUT2D eigenvalue weighted by Crippen LogP contribution is 2.21. The number of nitrogens with one attached hydrogen (secondary N) is 2. The third-order valence-corrected chi connectivity index (χ3v) is 5.26. The third kappa shape index (κ3) is 4.62. The third-order valence-electron chi connectivity index (χ3n) is 4.38. The summed E-state index contributed by atoms with van der Waals surface area (Å²) in [6.07, 6.45) is 0. The fourth-order valence-corrected chi connectivity index (χ4v) is 3.94. The van der Waals surface area contributed by atoms with Crippen molar-refractivity contribution in [2.75, 3.05) is 5.32 Å². The quantitative estimate of drug-likeness (QED) is 0.372. The second-order valence-electron chi connectivity index (χ2n) is 7.09. The summed E-state index contributed by atoms with van der Waals surface area (Å²) in [6, 6.07) is 9.44. The molecule has 4 rings (SSSR count). The van der Waals surface area contributed by atoms with Crippen LogP contribution in [-0.2, 0) is 5.75 Å². The van der Waals surface area contributed by atoms with E-state index in [9.17, 15) is 4.79 Å². The van der Waals surface area contributed by atoms with E-state index in [1.54, 1.807) is 0 Å². The number of fused-ring (bicyclic) bond motifs is 1. The SMILES string of the molecule is Cc1ccc2c(C)nc(Nc3nc(CSc4nc(C)cc(C)n4)cc(=O)[nH]3)nc2c1. The van der Waals surface area contributed by atoms with E-state index >= 15 is 0 Å². The summed E-state index contributed by atoms with van der Waals surface area (Å²) < 4.78 is 0. The Hall–Kier alpha value is -3.33. The number of aryl methyl sites for hydroxylation is 4. The Labute approximate surface area is 177 Å². The normalized spacial score (nSPS) is 11.1. The van der Waals surface area contributed by atoms with Crippen molar-refractivity contribution < 1.29 is 0 Å². The number of hydrogen-bond donors (Lipinski definition) is 2. The van der Waals surface area contributed by atoms with E-state index in [-0.39, 0.29) is 5.56 Å². The zero-order valence-electron chi connectivity index (χ0n) is 17.1. The minimum Gasteiger partial charge on any atom is -0.294 e. The Bertz CT molecular complexity index is 1280. The lowest BCUT2D eigenvalue weighted by Gasteiger charge is -2.09. The molecular formula is C21H21N7OS. The van der Waals surface area contributed by atoms with Gasteiger partial charge in [-0.25, -0.2) is 24.9 Å². The fraction of sp³-hybridized carbons (Fsp3) is 0.238. The molecule has 0 saturated carbocycles. The number of benzene rings is 1. The van der Waals surface area contributed by atoms with E-state index in [0.717, 1.165) is 33.5 Å². The van der Waals surface area contributed by atoms with Crippen LogP contribution in [0.1, 0.15) is 28.3 Å². The van der Waals surface area contributed by atoms with E-state index in [2.05, 4.69) is 35.2 Å². The summed E-state index contributed by atoms with van der Waals surface area (Å²) in [4.78, 5) is 37.2. The number of H-pyrrole nitrogens is 1.